The van der Waals surface area contributed by atoms with Gasteiger partial charge in [0.15, 0.2) is 0 Å². The first-order chi connectivity index (χ1) is 8.66. The minimum Gasteiger partial charge on any atom is -0.382 e. The molecule has 1 aromatic carbocycles. The van der Waals surface area contributed by atoms with E-state index in [1.54, 1.807) is 0 Å². The van der Waals surface area contributed by atoms with E-state index >= 15 is 0 Å². The Labute approximate surface area is 111 Å². The highest BCUT2D eigenvalue weighted by atomic mass is 32.2. The van der Waals surface area contributed by atoms with Gasteiger partial charge in [-0.2, -0.15) is 5.10 Å². The summed E-state index contributed by atoms with van der Waals surface area (Å²) in [5.41, 5.74) is 10.8. The van der Waals surface area contributed by atoms with Crippen LogP contribution in [-0.4, -0.2) is 15.5 Å². The van der Waals surface area contributed by atoms with E-state index in [-0.39, 0.29) is 0 Å². The largest absolute Gasteiger partial charge is 0.382 e. The Morgan fingerprint density at radius 3 is 2.94 bits per heavy atom. The molecule has 0 saturated heterocycles. The lowest BCUT2D eigenvalue weighted by atomic mass is 10.0. The Morgan fingerprint density at radius 2 is 2.22 bits per heavy atom. The van der Waals surface area contributed by atoms with Crippen molar-refractivity contribution in [3.8, 4) is 11.3 Å². The molecule has 1 aliphatic rings. The number of hydrogen-bond acceptors (Lipinski definition) is 3. The lowest BCUT2D eigenvalue weighted by Crippen LogP contribution is -2.00. The van der Waals surface area contributed by atoms with Crippen molar-refractivity contribution < 1.29 is 0 Å². The van der Waals surface area contributed by atoms with Crippen molar-refractivity contribution in [3.05, 3.63) is 29.3 Å². The van der Waals surface area contributed by atoms with E-state index in [4.69, 9.17) is 5.73 Å². The highest BCUT2D eigenvalue weighted by molar-refractivity contribution is 7.99. The molecule has 3 nitrogen and oxygen atoms in total. The Hall–Kier alpha value is -1.42. The second-order valence-electron chi connectivity index (χ2n) is 4.76. The first-order valence-corrected chi connectivity index (χ1v) is 7.20. The number of aryl methyl sites for hydroxylation is 2. The molecule has 2 heterocycles. The number of aromatic nitrogens is 2. The van der Waals surface area contributed by atoms with Crippen LogP contribution < -0.4 is 5.73 Å². The number of nitrogens with two attached hydrogens (primary N) is 1. The van der Waals surface area contributed by atoms with E-state index in [0.29, 0.717) is 5.82 Å². The van der Waals surface area contributed by atoms with Crippen molar-refractivity contribution in [2.24, 2.45) is 7.05 Å². The maximum atomic E-state index is 5.88. The van der Waals surface area contributed by atoms with Crippen LogP contribution in [0.25, 0.3) is 11.3 Å². The molecule has 0 spiro atoms. The molecule has 4 heteroatoms. The first kappa shape index (κ1) is 11.7. The molecule has 0 radical (unpaired) electrons. The van der Waals surface area contributed by atoms with E-state index in [9.17, 15) is 0 Å². The van der Waals surface area contributed by atoms with Gasteiger partial charge in [-0.05, 0) is 43.2 Å². The molecule has 2 N–H and O–H groups in total. The van der Waals surface area contributed by atoms with Gasteiger partial charge in [0.05, 0.1) is 5.69 Å². The molecule has 3 rings (SSSR count). The second-order valence-corrected chi connectivity index (χ2v) is 5.89. The van der Waals surface area contributed by atoms with Crippen molar-refractivity contribution in [2.45, 2.75) is 24.7 Å². The van der Waals surface area contributed by atoms with Crippen LogP contribution in [0.5, 0.6) is 0 Å². The Bertz CT molecular complexity index is 601. The quantitative estimate of drug-likeness (QED) is 0.856. The summed E-state index contributed by atoms with van der Waals surface area (Å²) < 4.78 is 1.88. The van der Waals surface area contributed by atoms with E-state index < -0.39 is 0 Å². The van der Waals surface area contributed by atoms with Crippen LogP contribution in [0.2, 0.25) is 0 Å². The minimum absolute atomic E-state index is 0.625. The van der Waals surface area contributed by atoms with Gasteiger partial charge < -0.3 is 5.73 Å². The summed E-state index contributed by atoms with van der Waals surface area (Å²) in [6.07, 6.45) is 2.45. The molecule has 0 unspecified atom stereocenters. The molecule has 0 bridgehead atoms. The Balaban J connectivity index is 2.12. The van der Waals surface area contributed by atoms with Crippen molar-refractivity contribution in [1.29, 1.82) is 0 Å². The highest BCUT2D eigenvalue weighted by Gasteiger charge is 2.15. The van der Waals surface area contributed by atoms with Crippen molar-refractivity contribution >= 4 is 17.6 Å². The number of hydrogen-bond donors (Lipinski definition) is 1. The van der Waals surface area contributed by atoms with E-state index in [1.807, 2.05) is 30.4 Å². The molecule has 0 aliphatic carbocycles. The summed E-state index contributed by atoms with van der Waals surface area (Å²) in [4.78, 5) is 1.43. The molecule has 0 amide bonds. The number of rotatable bonds is 1. The monoisotopic (exact) mass is 259 g/mol. The summed E-state index contributed by atoms with van der Waals surface area (Å²) >= 11 is 1.96. The number of fused-ring (bicyclic) bond motifs is 1. The lowest BCUT2D eigenvalue weighted by molar-refractivity contribution is 0.779. The van der Waals surface area contributed by atoms with E-state index in [0.717, 1.165) is 11.3 Å². The number of benzene rings is 1. The fraction of sp³-hybridized carbons (Fsp3) is 0.357. The standard InChI is InChI=1S/C14H17N3S/c1-9-13(17(2)16-14(9)15)11-5-6-12-10(8-11)4-3-7-18-12/h5-6,8H,3-4,7H2,1-2H3,(H2,15,16). The predicted octanol–water partition coefficient (Wildman–Crippen LogP) is 3.02. The maximum absolute atomic E-state index is 5.88. The van der Waals surface area contributed by atoms with Crippen molar-refractivity contribution in [3.63, 3.8) is 0 Å². The average Bonchev–Trinajstić information content (AvgIpc) is 2.63. The third-order valence-corrected chi connectivity index (χ3v) is 4.70. The molecule has 1 aliphatic heterocycles. The Kier molecular flexibility index (Phi) is 2.82. The summed E-state index contributed by atoms with van der Waals surface area (Å²) in [7, 11) is 1.95. The van der Waals surface area contributed by atoms with Gasteiger partial charge in [0, 0.05) is 23.1 Å². The molecular weight excluding hydrogens is 242 g/mol. The van der Waals surface area contributed by atoms with Crippen LogP contribution in [0.15, 0.2) is 23.1 Å². The van der Waals surface area contributed by atoms with Crippen LogP contribution in [0.3, 0.4) is 0 Å². The maximum Gasteiger partial charge on any atom is 0.148 e. The van der Waals surface area contributed by atoms with Gasteiger partial charge in [-0.1, -0.05) is 6.07 Å². The van der Waals surface area contributed by atoms with Crippen molar-refractivity contribution in [2.75, 3.05) is 11.5 Å². The summed E-state index contributed by atoms with van der Waals surface area (Å²) in [5, 5.41) is 4.29. The zero-order chi connectivity index (χ0) is 12.7. The average molecular weight is 259 g/mol. The number of nitrogens with zero attached hydrogens (tertiary/aromatic N) is 2. The molecular formula is C14H17N3S. The second kappa shape index (κ2) is 4.35. The van der Waals surface area contributed by atoms with Crippen LogP contribution >= 0.6 is 11.8 Å². The third kappa shape index (κ3) is 1.81. The summed E-state index contributed by atoms with van der Waals surface area (Å²) in [6, 6.07) is 6.71. The minimum atomic E-state index is 0.625. The number of nitrogen functional groups attached to an aromatic ring is 1. The van der Waals surface area contributed by atoms with E-state index in [1.165, 1.54) is 34.6 Å². The van der Waals surface area contributed by atoms with Gasteiger partial charge >= 0.3 is 0 Å². The van der Waals surface area contributed by atoms with Crippen LogP contribution in [0.1, 0.15) is 17.5 Å². The third-order valence-electron chi connectivity index (χ3n) is 3.50. The predicted molar refractivity (Wildman–Crippen MR) is 76.8 cm³/mol. The number of thioether (sulfide) groups is 1. The zero-order valence-electron chi connectivity index (χ0n) is 10.7. The first-order valence-electron chi connectivity index (χ1n) is 6.22. The molecule has 2 aromatic rings. The van der Waals surface area contributed by atoms with E-state index in [2.05, 4.69) is 23.3 Å². The molecule has 1 aromatic heterocycles. The molecule has 18 heavy (non-hydrogen) atoms. The van der Waals surface area contributed by atoms with Crippen LogP contribution in [-0.2, 0) is 13.5 Å². The van der Waals surface area contributed by atoms with Gasteiger partial charge in [0.2, 0.25) is 0 Å². The van der Waals surface area contributed by atoms with Gasteiger partial charge in [-0.3, -0.25) is 4.68 Å². The van der Waals surface area contributed by atoms with Gasteiger partial charge in [0.25, 0.3) is 0 Å². The van der Waals surface area contributed by atoms with Gasteiger partial charge in [-0.15, -0.1) is 11.8 Å². The topological polar surface area (TPSA) is 43.8 Å². The normalized spacial score (nSPS) is 14.6. The Morgan fingerprint density at radius 1 is 1.39 bits per heavy atom. The zero-order valence-corrected chi connectivity index (χ0v) is 11.5. The lowest BCUT2D eigenvalue weighted by Gasteiger charge is -2.16. The highest BCUT2D eigenvalue weighted by Crippen LogP contribution is 2.34. The number of anilines is 1. The molecule has 0 atom stereocenters. The summed E-state index contributed by atoms with van der Waals surface area (Å²) in [6.45, 7) is 2.03. The summed E-state index contributed by atoms with van der Waals surface area (Å²) in [5.74, 6) is 1.86. The fourth-order valence-corrected chi connectivity index (χ4v) is 3.58. The fourth-order valence-electron chi connectivity index (χ4n) is 2.56. The molecule has 0 fully saturated rings. The van der Waals surface area contributed by atoms with Gasteiger partial charge in [-0.25, -0.2) is 0 Å². The SMILES string of the molecule is Cc1c(N)nn(C)c1-c1ccc2c(c1)CCCS2. The van der Waals surface area contributed by atoms with Crippen molar-refractivity contribution in [1.82, 2.24) is 9.78 Å². The van der Waals surface area contributed by atoms with Crippen LogP contribution in [0, 0.1) is 6.92 Å². The van der Waals surface area contributed by atoms with Gasteiger partial charge in [0.1, 0.15) is 5.82 Å². The van der Waals surface area contributed by atoms with Crippen LogP contribution in [0.4, 0.5) is 5.82 Å². The molecule has 94 valence electrons. The molecule has 0 saturated carbocycles. The smallest absolute Gasteiger partial charge is 0.148 e.